The largest absolute Gasteiger partial charge is 0.469 e. The lowest BCUT2D eigenvalue weighted by atomic mass is 9.96. The van der Waals surface area contributed by atoms with Gasteiger partial charge in [-0.3, -0.25) is 9.59 Å². The molecule has 0 aromatic heterocycles. The maximum Gasteiger partial charge on any atom is 0.308 e. The third-order valence-corrected chi connectivity index (χ3v) is 3.56. The fourth-order valence-electron chi connectivity index (χ4n) is 2.46. The third-order valence-electron chi connectivity index (χ3n) is 3.56. The predicted molar refractivity (Wildman–Crippen MR) is 73.2 cm³/mol. The van der Waals surface area contributed by atoms with E-state index in [1.807, 2.05) is 6.07 Å². The van der Waals surface area contributed by atoms with Crippen LogP contribution in [-0.4, -0.2) is 32.5 Å². The van der Waals surface area contributed by atoms with E-state index in [4.69, 9.17) is 10.5 Å². The van der Waals surface area contributed by atoms with Gasteiger partial charge < -0.3 is 15.4 Å². The Labute approximate surface area is 112 Å². The Balaban J connectivity index is 2.05. The molecule has 2 N–H and O–H groups in total. The van der Waals surface area contributed by atoms with Crippen LogP contribution < -0.4 is 10.6 Å². The zero-order chi connectivity index (χ0) is 13.8. The normalized spacial score (nSPS) is 16.2. The summed E-state index contributed by atoms with van der Waals surface area (Å²) in [6, 6.07) is 5.29. The number of ether oxygens (including phenoxy) is 1. The highest BCUT2D eigenvalue weighted by Gasteiger charge is 2.26. The highest BCUT2D eigenvalue weighted by Crippen LogP contribution is 2.28. The molecule has 1 fully saturated rings. The first kappa shape index (κ1) is 13.4. The third kappa shape index (κ3) is 2.86. The molecule has 1 saturated heterocycles. The number of nitrogens with two attached hydrogens (primary N) is 1. The Morgan fingerprint density at radius 1 is 1.42 bits per heavy atom. The van der Waals surface area contributed by atoms with E-state index < -0.39 is 0 Å². The van der Waals surface area contributed by atoms with E-state index in [9.17, 15) is 9.59 Å². The first-order chi connectivity index (χ1) is 9.15. The molecule has 1 heterocycles. The van der Waals surface area contributed by atoms with E-state index in [2.05, 4.69) is 4.90 Å². The van der Waals surface area contributed by atoms with Gasteiger partial charge in [-0.15, -0.1) is 0 Å². The molecule has 102 valence electrons. The summed E-state index contributed by atoms with van der Waals surface area (Å²) < 4.78 is 4.76. The molecular formula is C14H18N2O3. The summed E-state index contributed by atoms with van der Waals surface area (Å²) in [5.74, 6) is -0.152. The number of anilines is 2. The molecule has 19 heavy (non-hydrogen) atoms. The van der Waals surface area contributed by atoms with Crippen LogP contribution in [0.4, 0.5) is 11.4 Å². The van der Waals surface area contributed by atoms with Crippen LogP contribution in [0.25, 0.3) is 0 Å². The fraction of sp³-hybridized carbons (Fsp3) is 0.429. The molecule has 0 aliphatic carbocycles. The number of hydrogen-bond acceptors (Lipinski definition) is 5. The molecule has 0 saturated carbocycles. The number of piperidine rings is 1. The van der Waals surface area contributed by atoms with Gasteiger partial charge in [0.2, 0.25) is 0 Å². The van der Waals surface area contributed by atoms with E-state index in [0.717, 1.165) is 37.9 Å². The number of methoxy groups -OCH3 is 1. The highest BCUT2D eigenvalue weighted by atomic mass is 16.5. The second-order valence-electron chi connectivity index (χ2n) is 4.72. The average Bonchev–Trinajstić information content (AvgIpc) is 2.46. The SMILES string of the molecule is COC(=O)C1CCN(c2ccc(C=O)cc2N)CC1. The summed E-state index contributed by atoms with van der Waals surface area (Å²) in [6.07, 6.45) is 2.31. The van der Waals surface area contributed by atoms with Crippen molar-refractivity contribution in [3.63, 3.8) is 0 Å². The average molecular weight is 262 g/mol. The summed E-state index contributed by atoms with van der Waals surface area (Å²) in [6.45, 7) is 1.54. The van der Waals surface area contributed by atoms with Crippen molar-refractivity contribution in [3.8, 4) is 0 Å². The van der Waals surface area contributed by atoms with Gasteiger partial charge in [-0.1, -0.05) is 0 Å². The maximum atomic E-state index is 11.5. The molecule has 1 aromatic rings. The highest BCUT2D eigenvalue weighted by molar-refractivity contribution is 5.81. The van der Waals surface area contributed by atoms with Crippen molar-refractivity contribution in [2.45, 2.75) is 12.8 Å². The van der Waals surface area contributed by atoms with Crippen molar-refractivity contribution < 1.29 is 14.3 Å². The predicted octanol–water partition coefficient (Wildman–Crippen LogP) is 1.47. The maximum absolute atomic E-state index is 11.5. The number of benzene rings is 1. The Morgan fingerprint density at radius 2 is 2.11 bits per heavy atom. The Hall–Kier alpha value is -2.04. The summed E-state index contributed by atoms with van der Waals surface area (Å²) in [4.78, 5) is 24.3. The van der Waals surface area contributed by atoms with Gasteiger partial charge in [0.05, 0.1) is 24.4 Å². The van der Waals surface area contributed by atoms with Gasteiger partial charge in [-0.05, 0) is 31.0 Å². The van der Waals surface area contributed by atoms with Crippen LogP contribution in [-0.2, 0) is 9.53 Å². The molecule has 1 aliphatic rings. The second kappa shape index (κ2) is 5.73. The summed E-state index contributed by atoms with van der Waals surface area (Å²) in [5.41, 5.74) is 8.05. The number of hydrogen-bond donors (Lipinski definition) is 1. The van der Waals surface area contributed by atoms with Gasteiger partial charge in [0.25, 0.3) is 0 Å². The van der Waals surface area contributed by atoms with Crippen molar-refractivity contribution in [3.05, 3.63) is 23.8 Å². The van der Waals surface area contributed by atoms with E-state index in [-0.39, 0.29) is 11.9 Å². The molecule has 0 bridgehead atoms. The quantitative estimate of drug-likeness (QED) is 0.507. The molecule has 0 unspecified atom stereocenters. The van der Waals surface area contributed by atoms with Crippen molar-refractivity contribution in [1.82, 2.24) is 0 Å². The van der Waals surface area contributed by atoms with Crippen LogP contribution in [0.1, 0.15) is 23.2 Å². The van der Waals surface area contributed by atoms with Crippen LogP contribution in [0.15, 0.2) is 18.2 Å². The van der Waals surface area contributed by atoms with Crippen LogP contribution in [0.3, 0.4) is 0 Å². The Bertz CT molecular complexity index is 480. The molecule has 0 atom stereocenters. The molecule has 0 radical (unpaired) electrons. The van der Waals surface area contributed by atoms with Crippen molar-refractivity contribution in [1.29, 1.82) is 0 Å². The topological polar surface area (TPSA) is 72.6 Å². The molecule has 5 nitrogen and oxygen atoms in total. The lowest BCUT2D eigenvalue weighted by molar-refractivity contribution is -0.146. The lowest BCUT2D eigenvalue weighted by Crippen LogP contribution is -2.37. The van der Waals surface area contributed by atoms with Crippen molar-refractivity contribution in [2.24, 2.45) is 5.92 Å². The number of rotatable bonds is 3. The summed E-state index contributed by atoms with van der Waals surface area (Å²) in [7, 11) is 1.42. The van der Waals surface area contributed by atoms with E-state index in [1.165, 1.54) is 7.11 Å². The molecule has 0 amide bonds. The Kier molecular flexibility index (Phi) is 4.04. The summed E-state index contributed by atoms with van der Waals surface area (Å²) >= 11 is 0. The van der Waals surface area contributed by atoms with Gasteiger partial charge in [0.1, 0.15) is 6.29 Å². The number of esters is 1. The monoisotopic (exact) mass is 262 g/mol. The van der Waals surface area contributed by atoms with Gasteiger partial charge >= 0.3 is 5.97 Å². The smallest absolute Gasteiger partial charge is 0.308 e. The molecule has 1 aliphatic heterocycles. The molecule has 1 aromatic carbocycles. The second-order valence-corrected chi connectivity index (χ2v) is 4.72. The van der Waals surface area contributed by atoms with Crippen LogP contribution in [0.2, 0.25) is 0 Å². The molecular weight excluding hydrogens is 244 g/mol. The van der Waals surface area contributed by atoms with E-state index >= 15 is 0 Å². The van der Waals surface area contributed by atoms with Gasteiger partial charge in [-0.25, -0.2) is 0 Å². The number of carbonyl (C=O) groups is 2. The van der Waals surface area contributed by atoms with Crippen molar-refractivity contribution in [2.75, 3.05) is 30.8 Å². The number of carbonyl (C=O) groups excluding carboxylic acids is 2. The van der Waals surface area contributed by atoms with Crippen LogP contribution >= 0.6 is 0 Å². The van der Waals surface area contributed by atoms with Gasteiger partial charge in [0, 0.05) is 18.7 Å². The minimum absolute atomic E-state index is 0.0169. The van der Waals surface area contributed by atoms with Gasteiger partial charge in [-0.2, -0.15) is 0 Å². The Morgan fingerprint density at radius 3 is 2.63 bits per heavy atom. The zero-order valence-electron chi connectivity index (χ0n) is 11.0. The van der Waals surface area contributed by atoms with Crippen molar-refractivity contribution >= 4 is 23.6 Å². The number of nitrogen functional groups attached to an aromatic ring is 1. The first-order valence-corrected chi connectivity index (χ1v) is 6.33. The summed E-state index contributed by atoms with van der Waals surface area (Å²) in [5, 5.41) is 0. The van der Waals surface area contributed by atoms with Crippen LogP contribution in [0.5, 0.6) is 0 Å². The standard InChI is InChI=1S/C14H18N2O3/c1-19-14(18)11-4-6-16(7-5-11)13-3-2-10(9-17)8-12(13)15/h2-3,8-9,11H,4-7,15H2,1H3. The zero-order valence-corrected chi connectivity index (χ0v) is 11.0. The van der Waals surface area contributed by atoms with Crippen LogP contribution in [0, 0.1) is 5.92 Å². The molecule has 2 rings (SSSR count). The van der Waals surface area contributed by atoms with Gasteiger partial charge in [0.15, 0.2) is 0 Å². The number of aldehydes is 1. The van der Waals surface area contributed by atoms with E-state index in [1.54, 1.807) is 12.1 Å². The van der Waals surface area contributed by atoms with E-state index in [0.29, 0.717) is 11.3 Å². The molecule has 0 spiro atoms. The minimum Gasteiger partial charge on any atom is -0.469 e. The minimum atomic E-state index is -0.135. The number of nitrogens with zero attached hydrogens (tertiary/aromatic N) is 1. The molecule has 5 heteroatoms. The first-order valence-electron chi connectivity index (χ1n) is 6.33. The fourth-order valence-corrected chi connectivity index (χ4v) is 2.46. The lowest BCUT2D eigenvalue weighted by Gasteiger charge is -2.33.